The minimum Gasteiger partial charge on any atom is -0.396 e. The van der Waals surface area contributed by atoms with Crippen LogP contribution in [0.5, 0.6) is 0 Å². The lowest BCUT2D eigenvalue weighted by Gasteiger charge is -2.29. The second-order valence-electron chi connectivity index (χ2n) is 4.37. The van der Waals surface area contributed by atoms with Crippen LogP contribution >= 0.6 is 23.1 Å². The van der Waals surface area contributed by atoms with Gasteiger partial charge in [0.15, 0.2) is 0 Å². The van der Waals surface area contributed by atoms with E-state index in [1.165, 1.54) is 11.3 Å². The highest BCUT2D eigenvalue weighted by Crippen LogP contribution is 2.27. The maximum Gasteiger partial charge on any atom is 0.262 e. The Morgan fingerprint density at radius 1 is 1.50 bits per heavy atom. The van der Waals surface area contributed by atoms with Gasteiger partial charge >= 0.3 is 0 Å². The molecule has 1 amide bonds. The summed E-state index contributed by atoms with van der Waals surface area (Å²) in [5, 5.41) is 14.3. The van der Waals surface area contributed by atoms with Gasteiger partial charge in [-0.05, 0) is 30.5 Å². The van der Waals surface area contributed by atoms with Gasteiger partial charge in [0.1, 0.15) is 4.88 Å². The quantitative estimate of drug-likeness (QED) is 0.758. The van der Waals surface area contributed by atoms with Crippen molar-refractivity contribution in [1.29, 1.82) is 0 Å². The van der Waals surface area contributed by atoms with Gasteiger partial charge in [0.25, 0.3) is 5.91 Å². The van der Waals surface area contributed by atoms with E-state index in [4.69, 9.17) is 0 Å². The summed E-state index contributed by atoms with van der Waals surface area (Å²) in [4.78, 5) is 13.9. The standard InChI is InChI=1S/C13H21NO2S2/c1-4-13(5-2,9-15)8-14-12(16)11-10(17-3)6-7-18-11/h6-7,15H,4-5,8-9H2,1-3H3,(H,14,16). The van der Waals surface area contributed by atoms with Crippen molar-refractivity contribution >= 4 is 29.0 Å². The normalized spacial score (nSPS) is 11.6. The number of thiophene rings is 1. The maximum atomic E-state index is 12.1. The molecule has 0 unspecified atom stereocenters. The summed E-state index contributed by atoms with van der Waals surface area (Å²) in [6, 6.07) is 1.96. The third kappa shape index (κ3) is 3.49. The van der Waals surface area contributed by atoms with Crippen LogP contribution in [0.15, 0.2) is 16.3 Å². The van der Waals surface area contributed by atoms with Gasteiger partial charge in [0.05, 0.1) is 6.61 Å². The van der Waals surface area contributed by atoms with Crippen molar-refractivity contribution < 1.29 is 9.90 Å². The fourth-order valence-electron chi connectivity index (χ4n) is 1.75. The van der Waals surface area contributed by atoms with Crippen LogP contribution in [0.3, 0.4) is 0 Å². The van der Waals surface area contributed by atoms with Crippen molar-refractivity contribution in [3.8, 4) is 0 Å². The van der Waals surface area contributed by atoms with Gasteiger partial charge in [-0.25, -0.2) is 0 Å². The average Bonchev–Trinajstić information content (AvgIpc) is 2.89. The van der Waals surface area contributed by atoms with Crippen LogP contribution in [0, 0.1) is 5.41 Å². The molecule has 0 saturated heterocycles. The third-order valence-electron chi connectivity index (χ3n) is 3.51. The molecule has 5 heteroatoms. The molecule has 0 aliphatic rings. The van der Waals surface area contributed by atoms with Gasteiger partial charge in [-0.3, -0.25) is 4.79 Å². The van der Waals surface area contributed by atoms with Gasteiger partial charge in [-0.1, -0.05) is 13.8 Å². The summed E-state index contributed by atoms with van der Waals surface area (Å²) in [5.41, 5.74) is -0.188. The molecule has 0 atom stereocenters. The Kier molecular flexibility index (Phi) is 6.18. The molecule has 0 saturated carbocycles. The Labute approximate surface area is 117 Å². The van der Waals surface area contributed by atoms with Crippen LogP contribution in [0.4, 0.5) is 0 Å². The highest BCUT2D eigenvalue weighted by atomic mass is 32.2. The van der Waals surface area contributed by atoms with E-state index in [2.05, 4.69) is 5.32 Å². The minimum absolute atomic E-state index is 0.0333. The molecule has 18 heavy (non-hydrogen) atoms. The van der Waals surface area contributed by atoms with E-state index < -0.39 is 0 Å². The van der Waals surface area contributed by atoms with E-state index in [0.717, 1.165) is 22.6 Å². The average molecular weight is 287 g/mol. The van der Waals surface area contributed by atoms with Crippen LogP contribution < -0.4 is 5.32 Å². The van der Waals surface area contributed by atoms with E-state index in [1.807, 2.05) is 31.5 Å². The maximum absolute atomic E-state index is 12.1. The van der Waals surface area contributed by atoms with Gasteiger partial charge in [0.2, 0.25) is 0 Å². The molecule has 1 aromatic heterocycles. The van der Waals surface area contributed by atoms with E-state index in [1.54, 1.807) is 11.8 Å². The van der Waals surface area contributed by atoms with Gasteiger partial charge in [0, 0.05) is 16.9 Å². The molecule has 1 rings (SSSR count). The summed E-state index contributed by atoms with van der Waals surface area (Å²) in [7, 11) is 0. The topological polar surface area (TPSA) is 49.3 Å². The number of rotatable bonds is 7. The Morgan fingerprint density at radius 2 is 2.17 bits per heavy atom. The van der Waals surface area contributed by atoms with Crippen LogP contribution in [0.25, 0.3) is 0 Å². The molecule has 0 spiro atoms. The van der Waals surface area contributed by atoms with E-state index >= 15 is 0 Å². The number of hydrogen-bond donors (Lipinski definition) is 2. The zero-order valence-electron chi connectivity index (χ0n) is 11.2. The summed E-state index contributed by atoms with van der Waals surface area (Å²) in [6.45, 7) is 4.73. The number of carbonyl (C=O) groups excluding carboxylic acids is 1. The van der Waals surface area contributed by atoms with Crippen molar-refractivity contribution in [2.75, 3.05) is 19.4 Å². The molecule has 1 heterocycles. The number of hydrogen-bond acceptors (Lipinski definition) is 4. The van der Waals surface area contributed by atoms with Crippen LogP contribution in [0.1, 0.15) is 36.4 Å². The summed E-state index contributed by atoms with van der Waals surface area (Å²) in [6.07, 6.45) is 3.69. The molecule has 0 bridgehead atoms. The molecule has 3 nitrogen and oxygen atoms in total. The highest BCUT2D eigenvalue weighted by molar-refractivity contribution is 7.98. The smallest absolute Gasteiger partial charge is 0.262 e. The molecule has 0 aromatic carbocycles. The Balaban J connectivity index is 2.66. The number of amides is 1. The molecule has 0 fully saturated rings. The molecule has 2 N–H and O–H groups in total. The van der Waals surface area contributed by atoms with Gasteiger partial charge in [-0.2, -0.15) is 0 Å². The Morgan fingerprint density at radius 3 is 2.67 bits per heavy atom. The first kappa shape index (κ1) is 15.5. The molecular formula is C13H21NO2S2. The summed E-state index contributed by atoms with van der Waals surface area (Å²) in [5.74, 6) is -0.0333. The lowest BCUT2D eigenvalue weighted by atomic mass is 9.83. The first-order valence-corrected chi connectivity index (χ1v) is 8.23. The molecule has 0 radical (unpaired) electrons. The summed E-state index contributed by atoms with van der Waals surface area (Å²) < 4.78 is 0. The zero-order valence-corrected chi connectivity index (χ0v) is 12.8. The van der Waals surface area contributed by atoms with Crippen molar-refractivity contribution in [3.05, 3.63) is 16.3 Å². The molecule has 1 aromatic rings. The van der Waals surface area contributed by atoms with Gasteiger partial charge < -0.3 is 10.4 Å². The lowest BCUT2D eigenvalue weighted by Crippen LogP contribution is -2.39. The van der Waals surface area contributed by atoms with Crippen molar-refractivity contribution in [2.24, 2.45) is 5.41 Å². The van der Waals surface area contributed by atoms with E-state index in [-0.39, 0.29) is 17.9 Å². The number of aliphatic hydroxyl groups excluding tert-OH is 1. The predicted molar refractivity (Wildman–Crippen MR) is 78.5 cm³/mol. The van der Waals surface area contributed by atoms with Crippen molar-refractivity contribution in [2.45, 2.75) is 31.6 Å². The second-order valence-corrected chi connectivity index (χ2v) is 6.13. The predicted octanol–water partition coefficient (Wildman–Crippen LogP) is 3.00. The first-order chi connectivity index (χ1) is 8.62. The lowest BCUT2D eigenvalue weighted by molar-refractivity contribution is 0.0852. The number of aliphatic hydroxyl groups is 1. The molecule has 0 aliphatic heterocycles. The number of nitrogens with one attached hydrogen (secondary N) is 1. The van der Waals surface area contributed by atoms with Crippen LogP contribution in [-0.4, -0.2) is 30.4 Å². The monoisotopic (exact) mass is 287 g/mol. The summed E-state index contributed by atoms with van der Waals surface area (Å²) >= 11 is 3.04. The zero-order chi connectivity index (χ0) is 13.6. The van der Waals surface area contributed by atoms with Crippen LogP contribution in [0.2, 0.25) is 0 Å². The van der Waals surface area contributed by atoms with E-state index in [0.29, 0.717) is 6.54 Å². The first-order valence-electron chi connectivity index (χ1n) is 6.13. The van der Waals surface area contributed by atoms with E-state index in [9.17, 15) is 9.90 Å². The SMILES string of the molecule is CCC(CC)(CO)CNC(=O)c1sccc1SC. The minimum atomic E-state index is -0.188. The Bertz CT molecular complexity index is 378. The van der Waals surface area contributed by atoms with Crippen LogP contribution in [-0.2, 0) is 0 Å². The molecule has 102 valence electrons. The second kappa shape index (κ2) is 7.16. The fourth-order valence-corrected chi connectivity index (χ4v) is 3.42. The number of thioether (sulfide) groups is 1. The highest BCUT2D eigenvalue weighted by Gasteiger charge is 2.26. The molecular weight excluding hydrogens is 266 g/mol. The molecule has 0 aliphatic carbocycles. The third-order valence-corrected chi connectivity index (χ3v) is 5.34. The van der Waals surface area contributed by atoms with Crippen molar-refractivity contribution in [1.82, 2.24) is 5.32 Å². The fraction of sp³-hybridized carbons (Fsp3) is 0.615. The van der Waals surface area contributed by atoms with Gasteiger partial charge in [-0.15, -0.1) is 23.1 Å². The Hall–Kier alpha value is -0.520. The number of carbonyl (C=O) groups is 1. The van der Waals surface area contributed by atoms with Crippen molar-refractivity contribution in [3.63, 3.8) is 0 Å². The largest absolute Gasteiger partial charge is 0.396 e.